The Hall–Kier alpha value is -1.69. The van der Waals surface area contributed by atoms with Crippen molar-refractivity contribution in [3.05, 3.63) is 29.8 Å². The molecule has 0 fully saturated rings. The van der Waals surface area contributed by atoms with Crippen molar-refractivity contribution in [1.29, 1.82) is 0 Å². The van der Waals surface area contributed by atoms with Crippen molar-refractivity contribution >= 4 is 5.91 Å². The number of rotatable bonds is 7. The SMILES string of the molecule is CC(CN)CNC(=O)Cc1ccc(OC(F)F)cc1. The van der Waals surface area contributed by atoms with Crippen LogP contribution in [0.25, 0.3) is 0 Å². The van der Waals surface area contributed by atoms with Crippen LogP contribution < -0.4 is 15.8 Å². The number of carbonyl (C=O) groups excluding carboxylic acids is 1. The van der Waals surface area contributed by atoms with Crippen molar-refractivity contribution in [3.63, 3.8) is 0 Å². The Morgan fingerprint density at radius 1 is 1.37 bits per heavy atom. The zero-order valence-corrected chi connectivity index (χ0v) is 10.7. The van der Waals surface area contributed by atoms with E-state index in [1.165, 1.54) is 12.1 Å². The van der Waals surface area contributed by atoms with Crippen molar-refractivity contribution in [2.75, 3.05) is 13.1 Å². The molecule has 0 heterocycles. The van der Waals surface area contributed by atoms with E-state index < -0.39 is 6.61 Å². The molecule has 0 spiro atoms. The molecule has 1 aromatic rings. The van der Waals surface area contributed by atoms with Crippen LogP contribution >= 0.6 is 0 Å². The third kappa shape index (κ3) is 6.15. The molecule has 1 atom stereocenters. The van der Waals surface area contributed by atoms with Crippen molar-refractivity contribution in [2.45, 2.75) is 20.0 Å². The standard InChI is InChI=1S/C13H18F2N2O2/c1-9(7-16)8-17-12(18)6-10-2-4-11(5-3-10)19-13(14)15/h2-5,9,13H,6-8,16H2,1H3,(H,17,18). The van der Waals surface area contributed by atoms with E-state index in [-0.39, 0.29) is 24.0 Å². The molecular formula is C13H18F2N2O2. The molecule has 1 amide bonds. The van der Waals surface area contributed by atoms with Crippen LogP contribution in [-0.2, 0) is 11.2 Å². The van der Waals surface area contributed by atoms with E-state index in [2.05, 4.69) is 10.1 Å². The predicted octanol–water partition coefficient (Wildman–Crippen LogP) is 1.54. The topological polar surface area (TPSA) is 64.3 Å². The van der Waals surface area contributed by atoms with Gasteiger partial charge in [-0.3, -0.25) is 4.79 Å². The van der Waals surface area contributed by atoms with E-state index in [9.17, 15) is 13.6 Å². The lowest BCUT2D eigenvalue weighted by Gasteiger charge is -2.10. The lowest BCUT2D eigenvalue weighted by atomic mass is 10.1. The summed E-state index contributed by atoms with van der Waals surface area (Å²) >= 11 is 0. The Balaban J connectivity index is 2.42. The molecule has 1 aromatic carbocycles. The summed E-state index contributed by atoms with van der Waals surface area (Å²) < 4.78 is 28.1. The summed E-state index contributed by atoms with van der Waals surface area (Å²) in [5.74, 6) is 0.185. The molecule has 0 saturated carbocycles. The van der Waals surface area contributed by atoms with Crippen LogP contribution in [0.4, 0.5) is 8.78 Å². The van der Waals surface area contributed by atoms with Crippen LogP contribution in [0.15, 0.2) is 24.3 Å². The first kappa shape index (κ1) is 15.4. The van der Waals surface area contributed by atoms with Gasteiger partial charge in [-0.15, -0.1) is 0 Å². The summed E-state index contributed by atoms with van der Waals surface area (Å²) in [6, 6.07) is 6.00. The molecule has 0 aliphatic heterocycles. The molecule has 1 unspecified atom stereocenters. The smallest absolute Gasteiger partial charge is 0.387 e. The molecule has 1 rings (SSSR count). The second-order valence-corrected chi connectivity index (χ2v) is 4.34. The van der Waals surface area contributed by atoms with Gasteiger partial charge in [0, 0.05) is 6.54 Å². The van der Waals surface area contributed by atoms with Gasteiger partial charge in [0.15, 0.2) is 0 Å². The van der Waals surface area contributed by atoms with Gasteiger partial charge in [-0.25, -0.2) is 0 Å². The van der Waals surface area contributed by atoms with Gasteiger partial charge in [0.1, 0.15) is 5.75 Å². The van der Waals surface area contributed by atoms with Crippen molar-refractivity contribution < 1.29 is 18.3 Å². The Bertz CT molecular complexity index is 396. The summed E-state index contributed by atoms with van der Waals surface area (Å²) in [5, 5.41) is 2.76. The van der Waals surface area contributed by atoms with E-state index in [1.54, 1.807) is 12.1 Å². The molecule has 6 heteroatoms. The lowest BCUT2D eigenvalue weighted by molar-refractivity contribution is -0.120. The number of carbonyl (C=O) groups is 1. The number of nitrogens with two attached hydrogens (primary N) is 1. The molecular weight excluding hydrogens is 254 g/mol. The third-order valence-electron chi connectivity index (χ3n) is 2.56. The first-order chi connectivity index (χ1) is 9.01. The molecule has 0 aliphatic carbocycles. The fourth-order valence-electron chi connectivity index (χ4n) is 1.41. The largest absolute Gasteiger partial charge is 0.435 e. The van der Waals surface area contributed by atoms with E-state index in [0.29, 0.717) is 13.1 Å². The average Bonchev–Trinajstić information content (AvgIpc) is 2.37. The Morgan fingerprint density at radius 3 is 2.53 bits per heavy atom. The van der Waals surface area contributed by atoms with Gasteiger partial charge in [0.05, 0.1) is 6.42 Å². The summed E-state index contributed by atoms with van der Waals surface area (Å²) in [6.07, 6.45) is 0.201. The summed E-state index contributed by atoms with van der Waals surface area (Å²) in [6.45, 7) is 0.144. The molecule has 106 valence electrons. The van der Waals surface area contributed by atoms with Crippen LogP contribution in [0.5, 0.6) is 5.75 Å². The van der Waals surface area contributed by atoms with Gasteiger partial charge in [-0.2, -0.15) is 8.78 Å². The number of hydrogen-bond donors (Lipinski definition) is 2. The second kappa shape index (κ2) is 7.68. The minimum Gasteiger partial charge on any atom is -0.435 e. The van der Waals surface area contributed by atoms with Gasteiger partial charge >= 0.3 is 6.61 Å². The van der Waals surface area contributed by atoms with Crippen LogP contribution in [-0.4, -0.2) is 25.6 Å². The quantitative estimate of drug-likeness (QED) is 0.791. The van der Waals surface area contributed by atoms with Gasteiger partial charge in [-0.1, -0.05) is 19.1 Å². The number of alkyl halides is 2. The van der Waals surface area contributed by atoms with Crippen molar-refractivity contribution in [1.82, 2.24) is 5.32 Å². The lowest BCUT2D eigenvalue weighted by Crippen LogP contribution is -2.32. The highest BCUT2D eigenvalue weighted by atomic mass is 19.3. The van der Waals surface area contributed by atoms with Gasteiger partial charge in [0.2, 0.25) is 5.91 Å². The summed E-state index contributed by atoms with van der Waals surface area (Å²) in [7, 11) is 0. The normalized spacial score (nSPS) is 12.3. The van der Waals surface area contributed by atoms with Crippen molar-refractivity contribution in [3.8, 4) is 5.75 Å². The molecule has 0 bridgehead atoms. The van der Waals surface area contributed by atoms with E-state index in [1.807, 2.05) is 6.92 Å². The fraction of sp³-hybridized carbons (Fsp3) is 0.462. The highest BCUT2D eigenvalue weighted by Gasteiger charge is 2.07. The third-order valence-corrected chi connectivity index (χ3v) is 2.56. The predicted molar refractivity (Wildman–Crippen MR) is 68.0 cm³/mol. The number of nitrogens with one attached hydrogen (secondary N) is 1. The molecule has 0 saturated heterocycles. The molecule has 0 aromatic heterocycles. The highest BCUT2D eigenvalue weighted by Crippen LogP contribution is 2.15. The summed E-state index contributed by atoms with van der Waals surface area (Å²) in [5.41, 5.74) is 6.18. The Labute approximate surface area is 110 Å². The minimum absolute atomic E-state index is 0.0795. The number of benzene rings is 1. The van der Waals surface area contributed by atoms with Gasteiger partial charge in [0.25, 0.3) is 0 Å². The van der Waals surface area contributed by atoms with E-state index >= 15 is 0 Å². The number of halogens is 2. The first-order valence-corrected chi connectivity index (χ1v) is 6.01. The maximum Gasteiger partial charge on any atom is 0.387 e. The number of ether oxygens (including phenoxy) is 1. The van der Waals surface area contributed by atoms with Crippen LogP contribution in [0.1, 0.15) is 12.5 Å². The summed E-state index contributed by atoms with van der Waals surface area (Å²) in [4.78, 5) is 11.6. The zero-order valence-electron chi connectivity index (χ0n) is 10.7. The minimum atomic E-state index is -2.84. The van der Waals surface area contributed by atoms with E-state index in [4.69, 9.17) is 5.73 Å². The molecule has 19 heavy (non-hydrogen) atoms. The Morgan fingerprint density at radius 2 is 2.00 bits per heavy atom. The van der Waals surface area contributed by atoms with Gasteiger partial charge < -0.3 is 15.8 Å². The molecule has 4 nitrogen and oxygen atoms in total. The fourth-order valence-corrected chi connectivity index (χ4v) is 1.41. The number of hydrogen-bond acceptors (Lipinski definition) is 3. The van der Waals surface area contributed by atoms with Crippen LogP contribution in [0, 0.1) is 5.92 Å². The zero-order chi connectivity index (χ0) is 14.3. The van der Waals surface area contributed by atoms with Gasteiger partial charge in [-0.05, 0) is 30.2 Å². The van der Waals surface area contributed by atoms with Crippen LogP contribution in [0.3, 0.4) is 0 Å². The molecule has 0 aliphatic rings. The average molecular weight is 272 g/mol. The Kier molecular flexibility index (Phi) is 6.21. The highest BCUT2D eigenvalue weighted by molar-refractivity contribution is 5.78. The first-order valence-electron chi connectivity index (χ1n) is 6.01. The van der Waals surface area contributed by atoms with Crippen LogP contribution in [0.2, 0.25) is 0 Å². The monoisotopic (exact) mass is 272 g/mol. The van der Waals surface area contributed by atoms with Crippen molar-refractivity contribution in [2.24, 2.45) is 11.7 Å². The maximum atomic E-state index is 11.9. The maximum absolute atomic E-state index is 11.9. The second-order valence-electron chi connectivity index (χ2n) is 4.34. The number of amides is 1. The molecule has 3 N–H and O–H groups in total. The van der Waals surface area contributed by atoms with E-state index in [0.717, 1.165) is 5.56 Å². The molecule has 0 radical (unpaired) electrons.